The molecule has 1 aromatic carbocycles. The Kier molecular flexibility index (Phi) is 5.58. The van der Waals surface area contributed by atoms with Crippen molar-refractivity contribution in [2.75, 3.05) is 6.61 Å². The highest BCUT2D eigenvalue weighted by Gasteiger charge is 2.01. The summed E-state index contributed by atoms with van der Waals surface area (Å²) >= 11 is 0. The summed E-state index contributed by atoms with van der Waals surface area (Å²) in [6, 6.07) is 11.2. The van der Waals surface area contributed by atoms with Gasteiger partial charge in [-0.2, -0.15) is 0 Å². The van der Waals surface area contributed by atoms with Gasteiger partial charge in [-0.1, -0.05) is 18.2 Å². The lowest BCUT2D eigenvalue weighted by molar-refractivity contribution is 0.240. The summed E-state index contributed by atoms with van der Waals surface area (Å²) in [7, 11) is 0. The van der Waals surface area contributed by atoms with E-state index in [1.165, 1.54) is 0 Å². The van der Waals surface area contributed by atoms with E-state index in [-0.39, 0.29) is 6.03 Å². The molecule has 0 spiro atoms. The number of rotatable bonds is 6. The zero-order valence-corrected chi connectivity index (χ0v) is 12.0. The van der Waals surface area contributed by atoms with Crippen LogP contribution in [0.15, 0.2) is 48.8 Å². The molecule has 0 aliphatic carbocycles. The van der Waals surface area contributed by atoms with Crippen LogP contribution in [-0.2, 0) is 13.1 Å². The second-order valence-corrected chi connectivity index (χ2v) is 4.47. The van der Waals surface area contributed by atoms with Crippen LogP contribution in [0.1, 0.15) is 18.1 Å². The third-order valence-electron chi connectivity index (χ3n) is 2.86. The molecule has 21 heavy (non-hydrogen) atoms. The van der Waals surface area contributed by atoms with Gasteiger partial charge in [0, 0.05) is 25.5 Å². The SMILES string of the molecule is CCOc1ccc(CNC(=O)NCc2cccnc2)cc1. The van der Waals surface area contributed by atoms with Crippen LogP contribution >= 0.6 is 0 Å². The lowest BCUT2D eigenvalue weighted by Gasteiger charge is -2.08. The summed E-state index contributed by atoms with van der Waals surface area (Å²) in [5, 5.41) is 5.60. The Morgan fingerprint density at radius 2 is 1.81 bits per heavy atom. The van der Waals surface area contributed by atoms with E-state index in [9.17, 15) is 4.79 Å². The summed E-state index contributed by atoms with van der Waals surface area (Å²) in [5.74, 6) is 0.835. The fourth-order valence-corrected chi connectivity index (χ4v) is 1.80. The molecule has 0 radical (unpaired) electrons. The molecular formula is C16H19N3O2. The second-order valence-electron chi connectivity index (χ2n) is 4.47. The molecule has 5 nitrogen and oxygen atoms in total. The maximum absolute atomic E-state index is 11.7. The van der Waals surface area contributed by atoms with Gasteiger partial charge in [0.25, 0.3) is 0 Å². The molecule has 0 saturated carbocycles. The number of carbonyl (C=O) groups excluding carboxylic acids is 1. The first kappa shape index (κ1) is 14.8. The van der Waals surface area contributed by atoms with Crippen molar-refractivity contribution in [3.63, 3.8) is 0 Å². The monoisotopic (exact) mass is 285 g/mol. The minimum Gasteiger partial charge on any atom is -0.494 e. The molecular weight excluding hydrogens is 266 g/mol. The van der Waals surface area contributed by atoms with E-state index in [4.69, 9.17) is 4.74 Å². The third-order valence-corrected chi connectivity index (χ3v) is 2.86. The molecule has 110 valence electrons. The van der Waals surface area contributed by atoms with Gasteiger partial charge in [0.1, 0.15) is 5.75 Å². The van der Waals surface area contributed by atoms with Crippen molar-refractivity contribution in [1.29, 1.82) is 0 Å². The normalized spacial score (nSPS) is 9.95. The summed E-state index contributed by atoms with van der Waals surface area (Å²) in [6.45, 7) is 3.53. The van der Waals surface area contributed by atoms with Gasteiger partial charge in [-0.25, -0.2) is 4.79 Å². The predicted molar refractivity (Wildman–Crippen MR) is 80.9 cm³/mol. The summed E-state index contributed by atoms with van der Waals surface area (Å²) in [5.41, 5.74) is 1.99. The standard InChI is InChI=1S/C16H19N3O2/c1-2-21-15-7-5-13(6-8-15)11-18-16(20)19-12-14-4-3-9-17-10-14/h3-10H,2,11-12H2,1H3,(H2,18,19,20). The summed E-state index contributed by atoms with van der Waals surface area (Å²) < 4.78 is 5.37. The Labute approximate surface area is 124 Å². The molecule has 2 amide bonds. The van der Waals surface area contributed by atoms with Gasteiger partial charge in [-0.05, 0) is 36.2 Å². The van der Waals surface area contributed by atoms with Crippen LogP contribution in [0.4, 0.5) is 4.79 Å². The Bertz CT molecular complexity index is 555. The molecule has 2 N–H and O–H groups in total. The van der Waals surface area contributed by atoms with Crippen LogP contribution in [0.5, 0.6) is 5.75 Å². The average molecular weight is 285 g/mol. The van der Waals surface area contributed by atoms with Crippen molar-refractivity contribution in [2.24, 2.45) is 0 Å². The number of amides is 2. The number of urea groups is 1. The number of pyridine rings is 1. The third kappa shape index (κ3) is 5.14. The van der Waals surface area contributed by atoms with Crippen molar-refractivity contribution < 1.29 is 9.53 Å². The molecule has 0 atom stereocenters. The van der Waals surface area contributed by atoms with Gasteiger partial charge >= 0.3 is 6.03 Å². The zero-order valence-electron chi connectivity index (χ0n) is 12.0. The molecule has 0 unspecified atom stereocenters. The maximum atomic E-state index is 11.7. The Balaban J connectivity index is 1.73. The van der Waals surface area contributed by atoms with E-state index < -0.39 is 0 Å². The minimum absolute atomic E-state index is 0.201. The predicted octanol–water partition coefficient (Wildman–Crippen LogP) is 2.48. The number of nitrogens with zero attached hydrogens (tertiary/aromatic N) is 1. The molecule has 0 saturated heterocycles. The van der Waals surface area contributed by atoms with E-state index in [1.54, 1.807) is 12.4 Å². The first-order chi connectivity index (χ1) is 10.3. The second kappa shape index (κ2) is 7.89. The van der Waals surface area contributed by atoms with E-state index in [0.29, 0.717) is 19.7 Å². The van der Waals surface area contributed by atoms with Gasteiger partial charge in [-0.3, -0.25) is 4.98 Å². The Morgan fingerprint density at radius 3 is 2.43 bits per heavy atom. The average Bonchev–Trinajstić information content (AvgIpc) is 2.53. The molecule has 2 aromatic rings. The smallest absolute Gasteiger partial charge is 0.315 e. The lowest BCUT2D eigenvalue weighted by Crippen LogP contribution is -2.34. The van der Waals surface area contributed by atoms with E-state index in [0.717, 1.165) is 16.9 Å². The molecule has 0 fully saturated rings. The quantitative estimate of drug-likeness (QED) is 0.857. The molecule has 5 heteroatoms. The van der Waals surface area contributed by atoms with E-state index in [2.05, 4.69) is 15.6 Å². The van der Waals surface area contributed by atoms with Gasteiger partial charge in [0.15, 0.2) is 0 Å². The summed E-state index contributed by atoms with van der Waals surface area (Å²) in [4.78, 5) is 15.7. The maximum Gasteiger partial charge on any atom is 0.315 e. The number of aromatic nitrogens is 1. The first-order valence-electron chi connectivity index (χ1n) is 6.90. The highest BCUT2D eigenvalue weighted by molar-refractivity contribution is 5.73. The number of hydrogen-bond acceptors (Lipinski definition) is 3. The first-order valence-corrected chi connectivity index (χ1v) is 6.90. The number of nitrogens with one attached hydrogen (secondary N) is 2. The topological polar surface area (TPSA) is 63.2 Å². The largest absolute Gasteiger partial charge is 0.494 e. The minimum atomic E-state index is -0.201. The molecule has 0 aliphatic heterocycles. The summed E-state index contributed by atoms with van der Waals surface area (Å²) in [6.07, 6.45) is 3.43. The molecule has 0 bridgehead atoms. The van der Waals surface area contributed by atoms with Crippen LogP contribution in [0.2, 0.25) is 0 Å². The highest BCUT2D eigenvalue weighted by Crippen LogP contribution is 2.11. The van der Waals surface area contributed by atoms with Crippen molar-refractivity contribution in [3.8, 4) is 5.75 Å². The lowest BCUT2D eigenvalue weighted by atomic mass is 10.2. The zero-order chi connectivity index (χ0) is 14.9. The molecule has 1 aromatic heterocycles. The van der Waals surface area contributed by atoms with Gasteiger partial charge in [-0.15, -0.1) is 0 Å². The van der Waals surface area contributed by atoms with Gasteiger partial charge in [0.2, 0.25) is 0 Å². The van der Waals surface area contributed by atoms with Crippen molar-refractivity contribution >= 4 is 6.03 Å². The van der Waals surface area contributed by atoms with Crippen molar-refractivity contribution in [1.82, 2.24) is 15.6 Å². The van der Waals surface area contributed by atoms with Crippen LogP contribution in [0.3, 0.4) is 0 Å². The van der Waals surface area contributed by atoms with Crippen LogP contribution in [-0.4, -0.2) is 17.6 Å². The van der Waals surface area contributed by atoms with Crippen LogP contribution in [0.25, 0.3) is 0 Å². The van der Waals surface area contributed by atoms with E-state index >= 15 is 0 Å². The number of hydrogen-bond donors (Lipinski definition) is 2. The fraction of sp³-hybridized carbons (Fsp3) is 0.250. The number of carbonyl (C=O) groups is 1. The van der Waals surface area contributed by atoms with Crippen LogP contribution < -0.4 is 15.4 Å². The molecule has 1 heterocycles. The van der Waals surface area contributed by atoms with Crippen molar-refractivity contribution in [2.45, 2.75) is 20.0 Å². The number of benzene rings is 1. The number of ether oxygens (including phenoxy) is 1. The van der Waals surface area contributed by atoms with Crippen molar-refractivity contribution in [3.05, 3.63) is 59.9 Å². The van der Waals surface area contributed by atoms with E-state index in [1.807, 2.05) is 43.3 Å². The Morgan fingerprint density at radius 1 is 1.10 bits per heavy atom. The van der Waals surface area contributed by atoms with Crippen LogP contribution in [0, 0.1) is 0 Å². The fourth-order valence-electron chi connectivity index (χ4n) is 1.80. The van der Waals surface area contributed by atoms with Gasteiger partial charge in [0.05, 0.1) is 6.61 Å². The van der Waals surface area contributed by atoms with Gasteiger partial charge < -0.3 is 15.4 Å². The Hall–Kier alpha value is -2.56. The highest BCUT2D eigenvalue weighted by atomic mass is 16.5. The molecule has 0 aliphatic rings. The molecule has 2 rings (SSSR count).